The van der Waals surface area contributed by atoms with Crippen molar-refractivity contribution in [2.45, 2.75) is 51.9 Å². The molecule has 0 radical (unpaired) electrons. The molecule has 0 rings (SSSR count). The normalized spacial score (nSPS) is 18.6. The van der Waals surface area contributed by atoms with E-state index in [4.69, 9.17) is 11.2 Å². The summed E-state index contributed by atoms with van der Waals surface area (Å²) in [6.45, 7) is 15.4. The van der Waals surface area contributed by atoms with Crippen molar-refractivity contribution < 1.29 is 0 Å². The Bertz CT molecular complexity index is 159. The van der Waals surface area contributed by atoms with Crippen LogP contribution >= 0.6 is 31.4 Å². The molecule has 0 nitrogen and oxygen atoms in total. The van der Waals surface area contributed by atoms with Gasteiger partial charge in [-0.1, -0.05) is 0 Å². The average molecular weight is 276 g/mol. The zero-order valence-corrected chi connectivity index (χ0v) is 12.4. The molecule has 0 aromatic rings. The molecule has 0 atom stereocenters. The molecule has 0 aliphatic carbocycles. The maximum atomic E-state index is 6.79. The van der Waals surface area contributed by atoms with Crippen LogP contribution in [0.3, 0.4) is 0 Å². The van der Waals surface area contributed by atoms with Crippen LogP contribution in [0.25, 0.3) is 0 Å². The molecule has 0 bridgehead atoms. The van der Waals surface area contributed by atoms with Gasteiger partial charge in [0.15, 0.2) is 0 Å². The van der Waals surface area contributed by atoms with Gasteiger partial charge in [-0.25, -0.2) is 0 Å². The molecule has 76 valence electrons. The Morgan fingerprint density at radius 2 is 1.08 bits per heavy atom. The van der Waals surface area contributed by atoms with Gasteiger partial charge in [0.25, 0.3) is 0 Å². The van der Waals surface area contributed by atoms with Gasteiger partial charge < -0.3 is 0 Å². The summed E-state index contributed by atoms with van der Waals surface area (Å²) in [5.74, 6) is 0. The molecule has 0 aromatic heterocycles. The van der Waals surface area contributed by atoms with E-state index in [0.29, 0.717) is 0 Å². The number of hydrogen-bond acceptors (Lipinski definition) is 0. The Hall–Kier alpha value is 1.20. The van der Waals surface area contributed by atoms with E-state index in [9.17, 15) is 0 Å². The minimum absolute atomic E-state index is 0.130. The fourth-order valence-electron chi connectivity index (χ4n) is 1.01. The molecular weight excluding hydrogens is 254 g/mol. The Balaban J connectivity index is 5.29. The van der Waals surface area contributed by atoms with Crippen LogP contribution in [-0.4, -0.2) is 17.0 Å². The van der Waals surface area contributed by atoms with Crippen molar-refractivity contribution in [2.24, 2.45) is 0 Å². The molecule has 0 saturated heterocycles. The summed E-state index contributed by atoms with van der Waals surface area (Å²) in [4.78, 5) is 0. The summed E-state index contributed by atoms with van der Waals surface area (Å²) in [7, 11) is 0. The van der Waals surface area contributed by atoms with Crippen LogP contribution in [0.5, 0.6) is 0 Å². The van der Waals surface area contributed by atoms with E-state index in [1.54, 1.807) is 0 Å². The molecule has 12 heavy (non-hydrogen) atoms. The number of hydrogen-bond donors (Lipinski definition) is 0. The summed E-state index contributed by atoms with van der Waals surface area (Å²) in [5.41, 5.74) is 0. The Labute approximate surface area is 89.9 Å². The predicted molar refractivity (Wildman–Crippen MR) is 67.1 cm³/mol. The van der Waals surface area contributed by atoms with E-state index in [2.05, 4.69) is 63.7 Å². The van der Waals surface area contributed by atoms with Crippen LogP contribution in [0, 0.1) is 0 Å². The maximum absolute atomic E-state index is 6.79. The van der Waals surface area contributed by atoms with Crippen molar-refractivity contribution in [3.63, 3.8) is 0 Å². The summed E-state index contributed by atoms with van der Waals surface area (Å²) in [5, 5.41) is 0.261. The van der Waals surface area contributed by atoms with Gasteiger partial charge in [0, 0.05) is 0 Å². The molecule has 0 fully saturated rings. The van der Waals surface area contributed by atoms with E-state index in [0.717, 1.165) is 0 Å². The van der Waals surface area contributed by atoms with Gasteiger partial charge in [-0.15, -0.1) is 0 Å². The molecule has 0 spiro atoms. The quantitative estimate of drug-likeness (QED) is 0.531. The van der Waals surface area contributed by atoms with Crippen molar-refractivity contribution >= 4 is 31.4 Å². The van der Waals surface area contributed by atoms with Gasteiger partial charge in [0.05, 0.1) is 0 Å². The first kappa shape index (κ1) is 13.2. The van der Waals surface area contributed by atoms with Crippen molar-refractivity contribution in [3.8, 4) is 0 Å². The van der Waals surface area contributed by atoms with Crippen LogP contribution in [0.4, 0.5) is 0 Å². The molecule has 0 aliphatic heterocycles. The fourth-order valence-corrected chi connectivity index (χ4v) is 3.02. The monoisotopic (exact) mass is 274 g/mol. The SMILES string of the molecule is CC(C)(C)P(C)(Cl)(Br)C(C)(C)C. The van der Waals surface area contributed by atoms with Gasteiger partial charge >= 0.3 is 89.9 Å². The van der Waals surface area contributed by atoms with E-state index in [1.807, 2.05) is 0 Å². The first-order valence-electron chi connectivity index (χ1n) is 4.23. The van der Waals surface area contributed by atoms with Gasteiger partial charge in [0.2, 0.25) is 0 Å². The molecule has 0 N–H and O–H groups in total. The van der Waals surface area contributed by atoms with Crippen LogP contribution in [0.2, 0.25) is 0 Å². The second kappa shape index (κ2) is 2.84. The number of rotatable bonds is 0. The molecule has 0 amide bonds. The van der Waals surface area contributed by atoms with E-state index < -0.39 is 4.66 Å². The fraction of sp³-hybridized carbons (Fsp3) is 1.00. The standard InChI is InChI=1S/C9H21BrClP/c1-8(2,3)12(7,10,11)9(4,5)6/h1-7H3. The van der Waals surface area contributed by atoms with Crippen LogP contribution in [0.15, 0.2) is 0 Å². The molecule has 0 unspecified atom stereocenters. The molecule has 0 aromatic carbocycles. The van der Waals surface area contributed by atoms with Crippen molar-refractivity contribution in [1.82, 2.24) is 0 Å². The zero-order valence-electron chi connectivity index (χ0n) is 9.20. The van der Waals surface area contributed by atoms with Gasteiger partial charge in [-0.2, -0.15) is 0 Å². The third-order valence-electron chi connectivity index (χ3n) is 3.03. The van der Waals surface area contributed by atoms with E-state index >= 15 is 0 Å². The second-order valence-corrected chi connectivity index (χ2v) is 20.0. The van der Waals surface area contributed by atoms with E-state index in [1.165, 1.54) is 0 Å². The molecule has 3 heteroatoms. The van der Waals surface area contributed by atoms with Crippen LogP contribution in [0.1, 0.15) is 41.5 Å². The minimum atomic E-state index is -2.29. The van der Waals surface area contributed by atoms with Crippen LogP contribution < -0.4 is 0 Å². The Morgan fingerprint density at radius 1 is 0.917 bits per heavy atom. The summed E-state index contributed by atoms with van der Waals surface area (Å²) >= 11 is 10.6. The number of halogens is 2. The third kappa shape index (κ3) is 1.83. The molecule has 0 heterocycles. The summed E-state index contributed by atoms with van der Waals surface area (Å²) in [6, 6.07) is 0. The first-order chi connectivity index (χ1) is 4.79. The molecular formula is C9H21BrClP. The summed E-state index contributed by atoms with van der Waals surface area (Å²) in [6.07, 6.45) is 0. The Kier molecular flexibility index (Phi) is 3.13. The second-order valence-electron chi connectivity index (χ2n) is 5.64. The van der Waals surface area contributed by atoms with Crippen molar-refractivity contribution in [1.29, 1.82) is 0 Å². The summed E-state index contributed by atoms with van der Waals surface area (Å²) < 4.78 is -2.29. The third-order valence-corrected chi connectivity index (χ3v) is 18.5. The van der Waals surface area contributed by atoms with Crippen molar-refractivity contribution in [2.75, 3.05) is 6.66 Å². The van der Waals surface area contributed by atoms with Gasteiger partial charge in [-0.3, -0.25) is 0 Å². The zero-order chi connectivity index (χ0) is 10.4. The first-order valence-corrected chi connectivity index (χ1v) is 9.84. The van der Waals surface area contributed by atoms with Crippen molar-refractivity contribution in [3.05, 3.63) is 0 Å². The molecule has 0 aliphatic rings. The van der Waals surface area contributed by atoms with Gasteiger partial charge in [0.1, 0.15) is 0 Å². The predicted octanol–water partition coefficient (Wildman–Crippen LogP) is 5.23. The van der Waals surface area contributed by atoms with Crippen LogP contribution in [-0.2, 0) is 0 Å². The molecule has 0 saturated carbocycles. The van der Waals surface area contributed by atoms with E-state index in [-0.39, 0.29) is 10.3 Å². The average Bonchev–Trinajstić information content (AvgIpc) is 1.55. The Morgan fingerprint density at radius 3 is 1.08 bits per heavy atom. The van der Waals surface area contributed by atoms with Gasteiger partial charge in [-0.05, 0) is 0 Å². The topological polar surface area (TPSA) is 0 Å².